The van der Waals surface area contributed by atoms with Crippen molar-refractivity contribution in [3.05, 3.63) is 0 Å². The maximum atomic E-state index is 12.2. The fourth-order valence-electron chi connectivity index (χ4n) is 3.77. The van der Waals surface area contributed by atoms with Gasteiger partial charge in [0.2, 0.25) is 0 Å². The molecule has 0 aromatic rings. The van der Waals surface area contributed by atoms with Crippen LogP contribution in [0.3, 0.4) is 0 Å². The zero-order valence-electron chi connectivity index (χ0n) is 16.2. The summed E-state index contributed by atoms with van der Waals surface area (Å²) in [5, 5.41) is 34.0. The van der Waals surface area contributed by atoms with Gasteiger partial charge in [-0.1, -0.05) is 20.8 Å². The van der Waals surface area contributed by atoms with E-state index in [-0.39, 0.29) is 13.2 Å². The van der Waals surface area contributed by atoms with E-state index in [0.29, 0.717) is 24.7 Å². The van der Waals surface area contributed by atoms with Crippen molar-refractivity contribution >= 4 is 5.97 Å². The molecule has 3 aliphatic heterocycles. The minimum absolute atomic E-state index is 0.365. The van der Waals surface area contributed by atoms with Gasteiger partial charge in [-0.25, -0.2) is 4.79 Å². The first-order chi connectivity index (χ1) is 12.4. The highest BCUT2D eigenvalue weighted by molar-refractivity contribution is 5.80. The predicted octanol–water partition coefficient (Wildman–Crippen LogP) is -0.618. The van der Waals surface area contributed by atoms with E-state index in [4.69, 9.17) is 15.3 Å². The van der Waals surface area contributed by atoms with Crippen LogP contribution in [0.4, 0.5) is 0 Å². The first kappa shape index (κ1) is 21.5. The normalized spacial score (nSPS) is 36.7. The summed E-state index contributed by atoms with van der Waals surface area (Å²) < 4.78 is 0. The Kier molecular flexibility index (Phi) is 7.41. The number of aliphatic carboxylic acids is 1. The van der Waals surface area contributed by atoms with Crippen molar-refractivity contribution in [3.63, 3.8) is 0 Å². The van der Waals surface area contributed by atoms with Gasteiger partial charge in [-0.15, -0.1) is 0 Å². The Morgan fingerprint density at radius 1 is 0.962 bits per heavy atom. The summed E-state index contributed by atoms with van der Waals surface area (Å²) in [6.45, 7) is 9.40. The highest BCUT2D eigenvalue weighted by Gasteiger charge is 2.65. The monoisotopic (exact) mass is 373 g/mol. The van der Waals surface area contributed by atoms with E-state index in [0.717, 1.165) is 38.9 Å². The molecule has 3 heterocycles. The van der Waals surface area contributed by atoms with Crippen molar-refractivity contribution in [2.75, 3.05) is 39.4 Å². The maximum Gasteiger partial charge on any atom is 0.340 e. The molecule has 0 aliphatic carbocycles. The first-order valence-electron chi connectivity index (χ1n) is 9.80. The SMILES string of the molecule is CCC1CN1CC(C(=O)O)(N1CC1CC)N1CC1CC.OCC(O)CO. The summed E-state index contributed by atoms with van der Waals surface area (Å²) in [6, 6.07) is 1.53. The van der Waals surface area contributed by atoms with Gasteiger partial charge in [-0.2, -0.15) is 0 Å². The van der Waals surface area contributed by atoms with Gasteiger partial charge >= 0.3 is 5.97 Å². The molecule has 0 saturated carbocycles. The van der Waals surface area contributed by atoms with E-state index in [1.165, 1.54) is 0 Å². The molecule has 3 aliphatic rings. The number of aliphatic hydroxyl groups excluding tert-OH is 3. The fraction of sp³-hybridized carbons (Fsp3) is 0.944. The maximum absolute atomic E-state index is 12.2. The van der Waals surface area contributed by atoms with Gasteiger partial charge in [-0.3, -0.25) is 14.7 Å². The number of carbonyl (C=O) groups is 1. The highest BCUT2D eigenvalue weighted by Crippen LogP contribution is 2.43. The molecule has 0 amide bonds. The van der Waals surface area contributed by atoms with Crippen LogP contribution in [0.5, 0.6) is 0 Å². The molecule has 8 heteroatoms. The van der Waals surface area contributed by atoms with Gasteiger partial charge in [0.15, 0.2) is 5.66 Å². The second kappa shape index (κ2) is 8.95. The van der Waals surface area contributed by atoms with E-state index in [2.05, 4.69) is 35.5 Å². The number of hydrogen-bond acceptors (Lipinski definition) is 7. The Hall–Kier alpha value is -0.770. The lowest BCUT2D eigenvalue weighted by Crippen LogP contribution is -2.59. The molecule has 4 N–H and O–H groups in total. The smallest absolute Gasteiger partial charge is 0.340 e. The van der Waals surface area contributed by atoms with Crippen LogP contribution in [0.25, 0.3) is 0 Å². The number of carboxylic acid groups (broad SMARTS) is 1. The summed E-state index contributed by atoms with van der Waals surface area (Å²) in [5.74, 6) is -0.647. The minimum Gasteiger partial charge on any atom is -0.479 e. The molecule has 0 aromatic carbocycles. The fourth-order valence-corrected chi connectivity index (χ4v) is 3.77. The molecule has 6 unspecified atom stereocenters. The molecule has 0 spiro atoms. The molecule has 6 atom stereocenters. The second-order valence-corrected chi connectivity index (χ2v) is 7.56. The Morgan fingerprint density at radius 2 is 1.42 bits per heavy atom. The third-order valence-corrected chi connectivity index (χ3v) is 5.81. The highest BCUT2D eigenvalue weighted by atomic mass is 16.4. The zero-order chi connectivity index (χ0) is 19.5. The number of rotatable bonds is 10. The van der Waals surface area contributed by atoms with Crippen LogP contribution in [0.2, 0.25) is 0 Å². The summed E-state index contributed by atoms with van der Waals surface area (Å²) in [6.07, 6.45) is 2.28. The predicted molar refractivity (Wildman–Crippen MR) is 97.8 cm³/mol. The van der Waals surface area contributed by atoms with Crippen molar-refractivity contribution in [2.24, 2.45) is 0 Å². The van der Waals surface area contributed by atoms with Crippen molar-refractivity contribution in [2.45, 2.75) is 69.9 Å². The van der Waals surface area contributed by atoms with E-state index in [9.17, 15) is 9.90 Å². The van der Waals surface area contributed by atoms with Crippen molar-refractivity contribution < 1.29 is 25.2 Å². The first-order valence-corrected chi connectivity index (χ1v) is 9.80. The van der Waals surface area contributed by atoms with E-state index >= 15 is 0 Å². The van der Waals surface area contributed by atoms with Crippen molar-refractivity contribution in [3.8, 4) is 0 Å². The van der Waals surface area contributed by atoms with Crippen molar-refractivity contribution in [1.82, 2.24) is 14.7 Å². The van der Waals surface area contributed by atoms with Crippen LogP contribution >= 0.6 is 0 Å². The van der Waals surface area contributed by atoms with Gasteiger partial charge in [0.1, 0.15) is 6.10 Å². The van der Waals surface area contributed by atoms with Gasteiger partial charge in [0.05, 0.1) is 13.2 Å². The second-order valence-electron chi connectivity index (χ2n) is 7.56. The summed E-state index contributed by atoms with van der Waals surface area (Å²) >= 11 is 0. The molecular formula is C18H35N3O5. The Morgan fingerprint density at radius 3 is 1.65 bits per heavy atom. The van der Waals surface area contributed by atoms with E-state index < -0.39 is 17.7 Å². The van der Waals surface area contributed by atoms with E-state index in [1.54, 1.807) is 0 Å². The molecule has 152 valence electrons. The zero-order valence-corrected chi connectivity index (χ0v) is 16.2. The standard InChI is InChI=1S/C15H27N3O2.C3H8O3/c1-4-11-7-16(11)10-15(14(19)20,17-8-12(17)5-2)18-9-13(18)6-3;4-1-3(6)2-5/h11-13H,4-10H2,1-3H3,(H,19,20);3-6H,1-2H2. The molecule has 0 radical (unpaired) electrons. The number of aliphatic hydroxyl groups is 3. The molecule has 26 heavy (non-hydrogen) atoms. The third kappa shape index (κ3) is 4.55. The van der Waals surface area contributed by atoms with E-state index in [1.807, 2.05) is 0 Å². The van der Waals surface area contributed by atoms with Gasteiger partial charge in [-0.05, 0) is 19.3 Å². The third-order valence-electron chi connectivity index (χ3n) is 5.81. The summed E-state index contributed by atoms with van der Waals surface area (Å²) in [4.78, 5) is 18.9. The lowest BCUT2D eigenvalue weighted by Gasteiger charge is -2.34. The lowest BCUT2D eigenvalue weighted by atomic mass is 10.1. The molecule has 8 nitrogen and oxygen atoms in total. The summed E-state index contributed by atoms with van der Waals surface area (Å²) in [7, 11) is 0. The molecular weight excluding hydrogens is 338 g/mol. The Balaban J connectivity index is 0.000000352. The van der Waals surface area contributed by atoms with Gasteiger partial charge < -0.3 is 20.4 Å². The quantitative estimate of drug-likeness (QED) is 0.376. The molecule has 3 rings (SSSR count). The largest absolute Gasteiger partial charge is 0.479 e. The molecule has 3 saturated heterocycles. The van der Waals surface area contributed by atoms with Crippen LogP contribution in [0.15, 0.2) is 0 Å². The Bertz CT molecular complexity index is 456. The average molecular weight is 373 g/mol. The van der Waals surface area contributed by atoms with Gasteiger partial charge in [0, 0.05) is 44.3 Å². The van der Waals surface area contributed by atoms with Crippen LogP contribution in [0, 0.1) is 0 Å². The number of carboxylic acids is 1. The van der Waals surface area contributed by atoms with Gasteiger partial charge in [0.25, 0.3) is 0 Å². The summed E-state index contributed by atoms with van der Waals surface area (Å²) in [5.41, 5.74) is -0.759. The lowest BCUT2D eigenvalue weighted by molar-refractivity contribution is -0.156. The van der Waals surface area contributed by atoms with Crippen LogP contribution in [-0.4, -0.2) is 110 Å². The Labute approximate surface area is 156 Å². The average Bonchev–Trinajstić information content (AvgIpc) is 3.53. The number of hydrogen-bond donors (Lipinski definition) is 4. The van der Waals surface area contributed by atoms with Crippen LogP contribution < -0.4 is 0 Å². The van der Waals surface area contributed by atoms with Crippen LogP contribution in [-0.2, 0) is 4.79 Å². The minimum atomic E-state index is -0.954. The van der Waals surface area contributed by atoms with Crippen molar-refractivity contribution in [1.29, 1.82) is 0 Å². The molecule has 3 fully saturated rings. The topological polar surface area (TPSA) is 107 Å². The molecule has 0 bridgehead atoms. The molecule has 0 aromatic heterocycles. The van der Waals surface area contributed by atoms with Crippen LogP contribution in [0.1, 0.15) is 40.0 Å². The number of nitrogens with zero attached hydrogens (tertiary/aromatic N) is 3.